The van der Waals surface area contributed by atoms with E-state index in [1.165, 1.54) is 31.2 Å². The molecule has 1 heterocycles. The maximum absolute atomic E-state index is 5.56. The minimum Gasteiger partial charge on any atom is -0.469 e. The Bertz CT molecular complexity index is 270. The lowest BCUT2D eigenvalue weighted by Crippen LogP contribution is -2.28. The van der Waals surface area contributed by atoms with Gasteiger partial charge < -0.3 is 4.42 Å². The van der Waals surface area contributed by atoms with Crippen LogP contribution in [-0.4, -0.2) is 0 Å². The van der Waals surface area contributed by atoms with Gasteiger partial charge in [0, 0.05) is 11.6 Å². The minimum atomic E-state index is 0.237. The van der Waals surface area contributed by atoms with E-state index in [1.54, 1.807) is 6.26 Å². The van der Waals surface area contributed by atoms with Gasteiger partial charge in [-0.2, -0.15) is 0 Å². The van der Waals surface area contributed by atoms with Crippen molar-refractivity contribution in [3.8, 4) is 0 Å². The smallest absolute Gasteiger partial charge is 0.105 e. The SMILES string of the molecule is CCCCCCC(NN)c1ccoc1C. The molecule has 3 nitrogen and oxygen atoms in total. The number of aryl methyl sites for hydroxylation is 1. The summed E-state index contributed by atoms with van der Waals surface area (Å²) in [5.41, 5.74) is 4.05. The van der Waals surface area contributed by atoms with Crippen LogP contribution >= 0.6 is 0 Å². The van der Waals surface area contributed by atoms with Crippen molar-refractivity contribution in [2.45, 2.75) is 52.0 Å². The molecule has 1 aromatic heterocycles. The van der Waals surface area contributed by atoms with Crippen LogP contribution in [0.15, 0.2) is 16.7 Å². The Balaban J connectivity index is 2.39. The minimum absolute atomic E-state index is 0.237. The highest BCUT2D eigenvalue weighted by atomic mass is 16.3. The first-order valence-electron chi connectivity index (χ1n) is 5.79. The van der Waals surface area contributed by atoms with Crippen molar-refractivity contribution in [1.29, 1.82) is 0 Å². The number of rotatable bonds is 7. The lowest BCUT2D eigenvalue weighted by Gasteiger charge is -2.14. The van der Waals surface area contributed by atoms with Gasteiger partial charge in [0.05, 0.1) is 6.26 Å². The lowest BCUT2D eigenvalue weighted by molar-refractivity contribution is 0.464. The molecule has 0 spiro atoms. The van der Waals surface area contributed by atoms with E-state index in [1.807, 2.05) is 13.0 Å². The summed E-state index contributed by atoms with van der Waals surface area (Å²) in [4.78, 5) is 0. The summed E-state index contributed by atoms with van der Waals surface area (Å²) >= 11 is 0. The Kier molecular flexibility index (Phi) is 5.43. The number of hydrogen-bond acceptors (Lipinski definition) is 3. The molecule has 0 bridgehead atoms. The fourth-order valence-electron chi connectivity index (χ4n) is 1.86. The maximum atomic E-state index is 5.56. The second kappa shape index (κ2) is 6.64. The van der Waals surface area contributed by atoms with E-state index in [2.05, 4.69) is 12.3 Å². The van der Waals surface area contributed by atoms with E-state index < -0.39 is 0 Å². The molecular formula is C12H22N2O. The molecule has 1 aromatic rings. The van der Waals surface area contributed by atoms with Gasteiger partial charge in [0.2, 0.25) is 0 Å². The molecule has 1 unspecified atom stereocenters. The molecule has 0 saturated heterocycles. The third-order valence-electron chi connectivity index (χ3n) is 2.82. The van der Waals surface area contributed by atoms with Crippen LogP contribution in [0.4, 0.5) is 0 Å². The van der Waals surface area contributed by atoms with Crippen molar-refractivity contribution in [1.82, 2.24) is 5.43 Å². The van der Waals surface area contributed by atoms with Crippen LogP contribution in [0.25, 0.3) is 0 Å². The van der Waals surface area contributed by atoms with Crippen molar-refractivity contribution >= 4 is 0 Å². The molecule has 0 fully saturated rings. The van der Waals surface area contributed by atoms with Crippen LogP contribution in [0, 0.1) is 6.92 Å². The summed E-state index contributed by atoms with van der Waals surface area (Å²) in [5, 5.41) is 0. The molecule has 1 atom stereocenters. The second-order valence-corrected chi connectivity index (χ2v) is 4.00. The molecule has 0 aliphatic heterocycles. The molecule has 86 valence electrons. The van der Waals surface area contributed by atoms with Crippen molar-refractivity contribution in [3.63, 3.8) is 0 Å². The summed E-state index contributed by atoms with van der Waals surface area (Å²) in [6.07, 6.45) is 7.88. The number of nitrogens with two attached hydrogens (primary N) is 1. The number of furan rings is 1. The predicted octanol–water partition coefficient (Wildman–Crippen LogP) is 3.06. The highest BCUT2D eigenvalue weighted by Crippen LogP contribution is 2.23. The van der Waals surface area contributed by atoms with Crippen molar-refractivity contribution in [3.05, 3.63) is 23.7 Å². The largest absolute Gasteiger partial charge is 0.469 e. The zero-order chi connectivity index (χ0) is 11.1. The molecule has 3 heteroatoms. The van der Waals surface area contributed by atoms with Gasteiger partial charge in [-0.1, -0.05) is 32.6 Å². The average Bonchev–Trinajstić information content (AvgIpc) is 2.65. The van der Waals surface area contributed by atoms with Crippen LogP contribution in [-0.2, 0) is 0 Å². The fraction of sp³-hybridized carbons (Fsp3) is 0.667. The van der Waals surface area contributed by atoms with Gasteiger partial charge in [-0.05, 0) is 19.4 Å². The van der Waals surface area contributed by atoms with E-state index >= 15 is 0 Å². The number of unbranched alkanes of at least 4 members (excludes halogenated alkanes) is 3. The summed E-state index contributed by atoms with van der Waals surface area (Å²) < 4.78 is 5.28. The zero-order valence-electron chi connectivity index (χ0n) is 9.75. The van der Waals surface area contributed by atoms with Crippen LogP contribution in [0.1, 0.15) is 56.4 Å². The Morgan fingerprint density at radius 2 is 2.20 bits per heavy atom. The maximum Gasteiger partial charge on any atom is 0.105 e. The molecular weight excluding hydrogens is 188 g/mol. The van der Waals surface area contributed by atoms with Crippen LogP contribution in [0.5, 0.6) is 0 Å². The Morgan fingerprint density at radius 3 is 2.73 bits per heavy atom. The molecule has 1 rings (SSSR count). The third-order valence-corrected chi connectivity index (χ3v) is 2.82. The van der Waals surface area contributed by atoms with E-state index in [4.69, 9.17) is 10.3 Å². The molecule has 0 amide bonds. The summed E-state index contributed by atoms with van der Waals surface area (Å²) in [6, 6.07) is 2.24. The second-order valence-electron chi connectivity index (χ2n) is 4.00. The fourth-order valence-corrected chi connectivity index (χ4v) is 1.86. The first-order chi connectivity index (χ1) is 7.29. The topological polar surface area (TPSA) is 51.2 Å². The predicted molar refractivity (Wildman–Crippen MR) is 62.3 cm³/mol. The third kappa shape index (κ3) is 3.68. The Hall–Kier alpha value is -0.800. The first kappa shape index (κ1) is 12.3. The lowest BCUT2D eigenvalue weighted by atomic mass is 10.0. The number of nitrogens with one attached hydrogen (secondary N) is 1. The van der Waals surface area contributed by atoms with Crippen LogP contribution in [0.2, 0.25) is 0 Å². The van der Waals surface area contributed by atoms with Gasteiger partial charge in [0.25, 0.3) is 0 Å². The van der Waals surface area contributed by atoms with Crippen LogP contribution < -0.4 is 11.3 Å². The highest BCUT2D eigenvalue weighted by Gasteiger charge is 2.13. The summed E-state index contributed by atoms with van der Waals surface area (Å²) in [6.45, 7) is 4.20. The quantitative estimate of drug-likeness (QED) is 0.413. The van der Waals surface area contributed by atoms with Gasteiger partial charge in [-0.25, -0.2) is 0 Å². The van der Waals surface area contributed by atoms with Crippen molar-refractivity contribution in [2.75, 3.05) is 0 Å². The average molecular weight is 210 g/mol. The van der Waals surface area contributed by atoms with Gasteiger partial charge in [-0.3, -0.25) is 11.3 Å². The molecule has 0 saturated carbocycles. The van der Waals surface area contributed by atoms with Gasteiger partial charge in [0.15, 0.2) is 0 Å². The van der Waals surface area contributed by atoms with Crippen LogP contribution in [0.3, 0.4) is 0 Å². The monoisotopic (exact) mass is 210 g/mol. The highest BCUT2D eigenvalue weighted by molar-refractivity contribution is 5.19. The molecule has 0 aliphatic carbocycles. The van der Waals surface area contributed by atoms with Gasteiger partial charge in [0.1, 0.15) is 5.76 Å². The Labute approximate surface area is 92.0 Å². The van der Waals surface area contributed by atoms with Gasteiger partial charge >= 0.3 is 0 Å². The molecule has 0 radical (unpaired) electrons. The van der Waals surface area contributed by atoms with E-state index in [-0.39, 0.29) is 6.04 Å². The number of hydrazine groups is 1. The van der Waals surface area contributed by atoms with Gasteiger partial charge in [-0.15, -0.1) is 0 Å². The zero-order valence-corrected chi connectivity index (χ0v) is 9.75. The summed E-state index contributed by atoms with van der Waals surface area (Å²) in [5.74, 6) is 6.52. The van der Waals surface area contributed by atoms with E-state index in [0.29, 0.717) is 0 Å². The normalized spacial score (nSPS) is 13.0. The molecule has 15 heavy (non-hydrogen) atoms. The first-order valence-corrected chi connectivity index (χ1v) is 5.79. The summed E-state index contributed by atoms with van der Waals surface area (Å²) in [7, 11) is 0. The van der Waals surface area contributed by atoms with E-state index in [9.17, 15) is 0 Å². The van der Waals surface area contributed by atoms with Crippen molar-refractivity contribution in [2.24, 2.45) is 5.84 Å². The standard InChI is InChI=1S/C12H22N2O/c1-3-4-5-6-7-12(14-13)11-8-9-15-10(11)2/h8-9,12,14H,3-7,13H2,1-2H3. The molecule has 3 N–H and O–H groups in total. The number of hydrogen-bond donors (Lipinski definition) is 2. The molecule has 0 aromatic carbocycles. The van der Waals surface area contributed by atoms with E-state index in [0.717, 1.165) is 12.2 Å². The van der Waals surface area contributed by atoms with Crippen molar-refractivity contribution < 1.29 is 4.42 Å². The molecule has 0 aliphatic rings. The Morgan fingerprint density at radius 1 is 1.40 bits per heavy atom.